The van der Waals surface area contributed by atoms with Crippen LogP contribution in [-0.4, -0.2) is 17.6 Å². The van der Waals surface area contributed by atoms with Crippen molar-refractivity contribution in [3.8, 4) is 6.07 Å². The summed E-state index contributed by atoms with van der Waals surface area (Å²) >= 11 is 0. The van der Waals surface area contributed by atoms with Crippen LogP contribution in [0.4, 0.5) is 5.82 Å². The van der Waals surface area contributed by atoms with E-state index in [0.717, 1.165) is 5.69 Å². The summed E-state index contributed by atoms with van der Waals surface area (Å²) in [6.07, 6.45) is 2.46. The highest BCUT2D eigenvalue weighted by atomic mass is 15.0. The molecule has 0 spiro atoms. The Morgan fingerprint density at radius 2 is 2.38 bits per heavy atom. The Hall–Kier alpha value is -1.60. The number of anilines is 1. The molecule has 0 radical (unpaired) electrons. The molecule has 84 valence electrons. The Kier molecular flexibility index (Phi) is 3.07. The van der Waals surface area contributed by atoms with Gasteiger partial charge < -0.3 is 11.1 Å². The number of aromatic nitrogens is 1. The van der Waals surface area contributed by atoms with E-state index in [0.29, 0.717) is 23.8 Å². The number of nitrogens with one attached hydrogen (secondary N) is 1. The molecule has 0 saturated heterocycles. The average molecular weight is 216 g/mol. The summed E-state index contributed by atoms with van der Waals surface area (Å²) < 4.78 is 0. The van der Waals surface area contributed by atoms with Crippen LogP contribution in [0.3, 0.4) is 0 Å². The second kappa shape index (κ2) is 4.50. The zero-order valence-electron chi connectivity index (χ0n) is 9.40. The van der Waals surface area contributed by atoms with Crippen LogP contribution in [-0.2, 0) is 0 Å². The number of aryl methyl sites for hydroxylation is 1. The number of rotatable bonds is 4. The molecule has 1 atom stereocenters. The van der Waals surface area contributed by atoms with Gasteiger partial charge in [-0.2, -0.15) is 5.26 Å². The Morgan fingerprint density at radius 3 is 3.00 bits per heavy atom. The van der Waals surface area contributed by atoms with Crippen molar-refractivity contribution in [2.24, 2.45) is 11.7 Å². The fourth-order valence-electron chi connectivity index (χ4n) is 1.69. The van der Waals surface area contributed by atoms with E-state index >= 15 is 0 Å². The molecule has 1 aliphatic rings. The molecule has 0 bridgehead atoms. The zero-order chi connectivity index (χ0) is 11.5. The molecular formula is C12H16N4. The van der Waals surface area contributed by atoms with E-state index in [2.05, 4.69) is 16.4 Å². The Bertz CT molecular complexity index is 418. The van der Waals surface area contributed by atoms with E-state index in [9.17, 15) is 0 Å². The van der Waals surface area contributed by atoms with Crippen LogP contribution in [0.15, 0.2) is 12.1 Å². The Balaban J connectivity index is 2.02. The summed E-state index contributed by atoms with van der Waals surface area (Å²) in [7, 11) is 0. The molecule has 1 heterocycles. The van der Waals surface area contributed by atoms with Gasteiger partial charge in [-0.25, -0.2) is 4.98 Å². The number of nitrogens with two attached hydrogens (primary N) is 1. The molecule has 1 fully saturated rings. The quantitative estimate of drug-likeness (QED) is 0.798. The first-order chi connectivity index (χ1) is 7.70. The molecule has 1 unspecified atom stereocenters. The van der Waals surface area contributed by atoms with Gasteiger partial charge in [-0.1, -0.05) is 0 Å². The van der Waals surface area contributed by atoms with Gasteiger partial charge in [-0.3, -0.25) is 0 Å². The lowest BCUT2D eigenvalue weighted by atomic mass is 10.2. The van der Waals surface area contributed by atoms with Crippen LogP contribution in [0.25, 0.3) is 0 Å². The maximum Gasteiger partial charge on any atom is 0.144 e. The van der Waals surface area contributed by atoms with Crippen molar-refractivity contribution in [3.05, 3.63) is 23.4 Å². The molecule has 1 saturated carbocycles. The van der Waals surface area contributed by atoms with Gasteiger partial charge in [0.05, 0.1) is 5.56 Å². The molecule has 0 amide bonds. The molecule has 1 aromatic rings. The van der Waals surface area contributed by atoms with Crippen molar-refractivity contribution in [2.45, 2.75) is 25.8 Å². The predicted molar refractivity (Wildman–Crippen MR) is 62.9 cm³/mol. The van der Waals surface area contributed by atoms with E-state index in [1.807, 2.05) is 13.0 Å². The fourth-order valence-corrected chi connectivity index (χ4v) is 1.69. The van der Waals surface area contributed by atoms with Crippen LogP contribution in [0.5, 0.6) is 0 Å². The summed E-state index contributed by atoms with van der Waals surface area (Å²) in [5.41, 5.74) is 7.46. The first-order valence-corrected chi connectivity index (χ1v) is 5.58. The minimum atomic E-state index is 0.175. The van der Waals surface area contributed by atoms with Crippen molar-refractivity contribution < 1.29 is 0 Å². The van der Waals surface area contributed by atoms with Gasteiger partial charge in [0.15, 0.2) is 0 Å². The first-order valence-electron chi connectivity index (χ1n) is 5.58. The van der Waals surface area contributed by atoms with Gasteiger partial charge in [0, 0.05) is 18.3 Å². The summed E-state index contributed by atoms with van der Waals surface area (Å²) in [4.78, 5) is 4.31. The smallest absolute Gasteiger partial charge is 0.144 e. The lowest BCUT2D eigenvalue weighted by molar-refractivity contribution is 0.620. The first kappa shape index (κ1) is 10.9. The maximum absolute atomic E-state index is 8.93. The molecule has 4 nitrogen and oxygen atoms in total. The molecule has 0 aromatic carbocycles. The SMILES string of the molecule is Cc1ccc(C#N)c(NCC(N)C2CC2)n1. The van der Waals surface area contributed by atoms with Gasteiger partial charge in [0.1, 0.15) is 11.9 Å². The fraction of sp³-hybridized carbons (Fsp3) is 0.500. The third kappa shape index (κ3) is 2.50. The van der Waals surface area contributed by atoms with Crippen LogP contribution >= 0.6 is 0 Å². The summed E-state index contributed by atoms with van der Waals surface area (Å²) in [6, 6.07) is 5.92. The standard InChI is InChI=1S/C12H16N4/c1-8-2-3-10(6-13)12(16-8)15-7-11(14)9-4-5-9/h2-3,9,11H,4-5,7,14H2,1H3,(H,15,16). The maximum atomic E-state index is 8.93. The molecule has 4 heteroatoms. The highest BCUT2D eigenvalue weighted by Crippen LogP contribution is 2.31. The molecule has 0 aliphatic heterocycles. The normalized spacial score (nSPS) is 16.6. The minimum absolute atomic E-state index is 0.175. The second-order valence-corrected chi connectivity index (χ2v) is 4.34. The number of nitriles is 1. The van der Waals surface area contributed by atoms with E-state index in [1.54, 1.807) is 6.07 Å². The van der Waals surface area contributed by atoms with Crippen molar-refractivity contribution >= 4 is 5.82 Å². The number of nitrogens with zero attached hydrogens (tertiary/aromatic N) is 2. The van der Waals surface area contributed by atoms with Crippen molar-refractivity contribution in [2.75, 3.05) is 11.9 Å². The second-order valence-electron chi connectivity index (χ2n) is 4.34. The molecule has 2 rings (SSSR count). The van der Waals surface area contributed by atoms with Gasteiger partial charge in [-0.15, -0.1) is 0 Å². The van der Waals surface area contributed by atoms with E-state index in [4.69, 9.17) is 11.0 Å². The number of hydrogen-bond donors (Lipinski definition) is 2. The third-order valence-electron chi connectivity index (χ3n) is 2.89. The number of pyridine rings is 1. The number of hydrogen-bond acceptors (Lipinski definition) is 4. The largest absolute Gasteiger partial charge is 0.367 e. The molecule has 3 N–H and O–H groups in total. The van der Waals surface area contributed by atoms with Gasteiger partial charge in [-0.05, 0) is 37.8 Å². The Morgan fingerprint density at radius 1 is 1.62 bits per heavy atom. The van der Waals surface area contributed by atoms with Crippen molar-refractivity contribution in [3.63, 3.8) is 0 Å². The summed E-state index contributed by atoms with van der Waals surface area (Å²) in [5, 5.41) is 12.1. The highest BCUT2D eigenvalue weighted by Gasteiger charge is 2.28. The van der Waals surface area contributed by atoms with E-state index in [-0.39, 0.29) is 6.04 Å². The van der Waals surface area contributed by atoms with Crippen LogP contribution in [0, 0.1) is 24.2 Å². The van der Waals surface area contributed by atoms with E-state index < -0.39 is 0 Å². The predicted octanol–water partition coefficient (Wildman–Crippen LogP) is 1.41. The topological polar surface area (TPSA) is 74.7 Å². The average Bonchev–Trinajstić information content (AvgIpc) is 3.10. The summed E-state index contributed by atoms with van der Waals surface area (Å²) in [5.74, 6) is 1.31. The van der Waals surface area contributed by atoms with Crippen molar-refractivity contribution in [1.82, 2.24) is 4.98 Å². The minimum Gasteiger partial charge on any atom is -0.367 e. The monoisotopic (exact) mass is 216 g/mol. The van der Waals surface area contributed by atoms with E-state index in [1.165, 1.54) is 12.8 Å². The lowest BCUT2D eigenvalue weighted by Gasteiger charge is -2.13. The van der Waals surface area contributed by atoms with Crippen LogP contribution in [0.1, 0.15) is 24.1 Å². The highest BCUT2D eigenvalue weighted by molar-refractivity contribution is 5.52. The molecular weight excluding hydrogens is 200 g/mol. The van der Waals surface area contributed by atoms with Crippen LogP contribution in [0.2, 0.25) is 0 Å². The zero-order valence-corrected chi connectivity index (χ0v) is 9.40. The van der Waals surface area contributed by atoms with Gasteiger partial charge in [0.2, 0.25) is 0 Å². The summed E-state index contributed by atoms with van der Waals surface area (Å²) in [6.45, 7) is 2.60. The molecule has 1 aromatic heterocycles. The van der Waals surface area contributed by atoms with Gasteiger partial charge >= 0.3 is 0 Å². The Labute approximate surface area is 95.5 Å². The molecule has 1 aliphatic carbocycles. The third-order valence-corrected chi connectivity index (χ3v) is 2.89. The molecule has 16 heavy (non-hydrogen) atoms. The van der Waals surface area contributed by atoms with Gasteiger partial charge in [0.25, 0.3) is 0 Å². The lowest BCUT2D eigenvalue weighted by Crippen LogP contribution is -2.31. The van der Waals surface area contributed by atoms with Crippen LogP contribution < -0.4 is 11.1 Å². The van der Waals surface area contributed by atoms with Crippen molar-refractivity contribution in [1.29, 1.82) is 5.26 Å².